The lowest BCUT2D eigenvalue weighted by Gasteiger charge is -2.17. The first-order valence-electron chi connectivity index (χ1n) is 5.08. The van der Waals surface area contributed by atoms with Gasteiger partial charge in [-0.15, -0.1) is 0 Å². The number of hydrogen-bond donors (Lipinski definition) is 1. The molecule has 0 fully saturated rings. The minimum absolute atomic E-state index is 0.190. The zero-order valence-electron chi connectivity index (χ0n) is 9.14. The van der Waals surface area contributed by atoms with Gasteiger partial charge < -0.3 is 9.52 Å². The summed E-state index contributed by atoms with van der Waals surface area (Å²) in [5, 5.41) is 17.4. The molecule has 1 N–H and O–H groups in total. The number of carboxylic acid groups (broad SMARTS) is 1. The van der Waals surface area contributed by atoms with Crippen molar-refractivity contribution in [2.24, 2.45) is 0 Å². The quantitative estimate of drug-likeness (QED) is 0.792. The number of carboxylic acids is 1. The first-order valence-corrected chi connectivity index (χ1v) is 5.08. The van der Waals surface area contributed by atoms with Crippen molar-refractivity contribution in [2.75, 3.05) is 13.1 Å². The van der Waals surface area contributed by atoms with Crippen LogP contribution >= 0.6 is 0 Å². The van der Waals surface area contributed by atoms with Crippen LogP contribution in [0.5, 0.6) is 0 Å². The zero-order valence-corrected chi connectivity index (χ0v) is 9.14. The van der Waals surface area contributed by atoms with Crippen LogP contribution < -0.4 is 0 Å². The van der Waals surface area contributed by atoms with Gasteiger partial charge in [0, 0.05) is 13.0 Å². The van der Waals surface area contributed by atoms with Crippen molar-refractivity contribution in [3.63, 3.8) is 0 Å². The Hall–Kier alpha value is -1.80. The molecule has 0 aliphatic rings. The van der Waals surface area contributed by atoms with E-state index >= 15 is 0 Å². The third-order valence-electron chi connectivity index (χ3n) is 2.33. The van der Waals surface area contributed by atoms with Gasteiger partial charge in [-0.05, 0) is 12.6 Å². The summed E-state index contributed by atoms with van der Waals surface area (Å²) in [6, 6.07) is 3.50. The van der Waals surface area contributed by atoms with Crippen LogP contribution in [-0.2, 0) is 6.54 Å². The van der Waals surface area contributed by atoms with Gasteiger partial charge in [-0.25, -0.2) is 4.79 Å². The summed E-state index contributed by atoms with van der Waals surface area (Å²) < 4.78 is 5.13. The van der Waals surface area contributed by atoms with Gasteiger partial charge in [-0.2, -0.15) is 5.26 Å². The van der Waals surface area contributed by atoms with E-state index in [0.717, 1.165) is 6.54 Å². The number of furan rings is 1. The van der Waals surface area contributed by atoms with E-state index < -0.39 is 5.97 Å². The predicted molar refractivity (Wildman–Crippen MR) is 56.8 cm³/mol. The Balaban J connectivity index is 2.67. The van der Waals surface area contributed by atoms with Crippen molar-refractivity contribution >= 4 is 5.97 Å². The van der Waals surface area contributed by atoms with Crippen molar-refractivity contribution in [2.45, 2.75) is 19.9 Å². The molecule has 0 aliphatic heterocycles. The fraction of sp³-hybridized carbons (Fsp3) is 0.455. The smallest absolute Gasteiger partial charge is 0.339 e. The van der Waals surface area contributed by atoms with Crippen molar-refractivity contribution in [3.8, 4) is 6.07 Å². The standard InChI is InChI=1S/C11H14N2O3/c1-2-13(6-3-5-12)8-10-9(11(14)15)4-7-16-10/h4,7H,2-3,6,8H2,1H3,(H,14,15). The molecule has 0 amide bonds. The predicted octanol–water partition coefficient (Wildman–Crippen LogP) is 1.71. The average Bonchev–Trinajstić information content (AvgIpc) is 2.72. The molecule has 1 aromatic heterocycles. The van der Waals surface area contributed by atoms with Gasteiger partial charge in [0.2, 0.25) is 0 Å². The van der Waals surface area contributed by atoms with Gasteiger partial charge in [0.05, 0.1) is 18.9 Å². The molecular weight excluding hydrogens is 208 g/mol. The Kier molecular flexibility index (Phi) is 4.55. The summed E-state index contributed by atoms with van der Waals surface area (Å²) in [5.41, 5.74) is 0.190. The zero-order chi connectivity index (χ0) is 12.0. The monoisotopic (exact) mass is 222 g/mol. The van der Waals surface area contributed by atoms with E-state index in [-0.39, 0.29) is 5.56 Å². The lowest BCUT2D eigenvalue weighted by molar-refractivity contribution is 0.0692. The number of aromatic carboxylic acids is 1. The van der Waals surface area contributed by atoms with Crippen LogP contribution in [-0.4, -0.2) is 29.1 Å². The molecule has 16 heavy (non-hydrogen) atoms. The van der Waals surface area contributed by atoms with E-state index in [2.05, 4.69) is 6.07 Å². The van der Waals surface area contributed by atoms with Crippen LogP contribution in [0.1, 0.15) is 29.5 Å². The highest BCUT2D eigenvalue weighted by molar-refractivity contribution is 5.88. The molecule has 0 atom stereocenters. The topological polar surface area (TPSA) is 77.5 Å². The third kappa shape index (κ3) is 3.11. The van der Waals surface area contributed by atoms with Gasteiger partial charge in [0.25, 0.3) is 0 Å². The van der Waals surface area contributed by atoms with E-state index in [0.29, 0.717) is 25.3 Å². The average molecular weight is 222 g/mol. The molecule has 1 heterocycles. The highest BCUT2D eigenvalue weighted by atomic mass is 16.4. The second-order valence-corrected chi connectivity index (χ2v) is 3.34. The van der Waals surface area contributed by atoms with E-state index in [1.807, 2.05) is 11.8 Å². The highest BCUT2D eigenvalue weighted by Crippen LogP contribution is 2.13. The Labute approximate surface area is 93.9 Å². The largest absolute Gasteiger partial charge is 0.478 e. The summed E-state index contributed by atoms with van der Waals surface area (Å²) in [6.07, 6.45) is 1.80. The van der Waals surface area contributed by atoms with Crippen LogP contribution in [0.15, 0.2) is 16.7 Å². The number of rotatable bonds is 6. The third-order valence-corrected chi connectivity index (χ3v) is 2.33. The number of nitrogens with zero attached hydrogens (tertiary/aromatic N) is 2. The van der Waals surface area contributed by atoms with Crippen LogP contribution in [0.2, 0.25) is 0 Å². The molecule has 1 rings (SSSR count). The van der Waals surface area contributed by atoms with Crippen LogP contribution in [0.25, 0.3) is 0 Å². The van der Waals surface area contributed by atoms with E-state index in [1.165, 1.54) is 12.3 Å². The first-order chi connectivity index (χ1) is 7.69. The Morgan fingerprint density at radius 1 is 1.69 bits per heavy atom. The maximum atomic E-state index is 10.8. The van der Waals surface area contributed by atoms with Crippen molar-refractivity contribution in [3.05, 3.63) is 23.7 Å². The maximum absolute atomic E-state index is 10.8. The number of nitriles is 1. The van der Waals surface area contributed by atoms with E-state index in [9.17, 15) is 4.79 Å². The Morgan fingerprint density at radius 2 is 2.44 bits per heavy atom. The molecular formula is C11H14N2O3. The summed E-state index contributed by atoms with van der Waals surface area (Å²) >= 11 is 0. The molecule has 0 unspecified atom stereocenters. The van der Waals surface area contributed by atoms with Crippen molar-refractivity contribution < 1.29 is 14.3 Å². The Bertz CT molecular complexity index is 392. The molecule has 5 heteroatoms. The van der Waals surface area contributed by atoms with Crippen LogP contribution in [0, 0.1) is 11.3 Å². The fourth-order valence-electron chi connectivity index (χ4n) is 1.41. The molecule has 0 saturated heterocycles. The normalized spacial score (nSPS) is 10.3. The van der Waals surface area contributed by atoms with Gasteiger partial charge in [-0.3, -0.25) is 4.90 Å². The van der Waals surface area contributed by atoms with Gasteiger partial charge in [-0.1, -0.05) is 6.92 Å². The second-order valence-electron chi connectivity index (χ2n) is 3.34. The molecule has 0 spiro atoms. The lowest BCUT2D eigenvalue weighted by Crippen LogP contribution is -2.24. The second kappa shape index (κ2) is 5.93. The molecule has 1 aromatic rings. The van der Waals surface area contributed by atoms with Gasteiger partial charge in [0.15, 0.2) is 0 Å². The Morgan fingerprint density at radius 3 is 3.00 bits per heavy atom. The van der Waals surface area contributed by atoms with Crippen molar-refractivity contribution in [1.82, 2.24) is 4.90 Å². The summed E-state index contributed by atoms with van der Waals surface area (Å²) in [4.78, 5) is 12.8. The molecule has 0 bridgehead atoms. The molecule has 0 aromatic carbocycles. The van der Waals surface area contributed by atoms with Gasteiger partial charge >= 0.3 is 5.97 Å². The first kappa shape index (κ1) is 12.3. The summed E-state index contributed by atoms with van der Waals surface area (Å²) in [6.45, 7) is 3.75. The summed E-state index contributed by atoms with van der Waals surface area (Å²) in [7, 11) is 0. The number of carbonyl (C=O) groups is 1. The molecule has 0 saturated carbocycles. The fourth-order valence-corrected chi connectivity index (χ4v) is 1.41. The minimum Gasteiger partial charge on any atom is -0.478 e. The van der Waals surface area contributed by atoms with Crippen molar-refractivity contribution in [1.29, 1.82) is 5.26 Å². The maximum Gasteiger partial charge on any atom is 0.339 e. The molecule has 0 aliphatic carbocycles. The number of hydrogen-bond acceptors (Lipinski definition) is 4. The lowest BCUT2D eigenvalue weighted by atomic mass is 10.2. The minimum atomic E-state index is -0.986. The molecule has 86 valence electrons. The van der Waals surface area contributed by atoms with Crippen LogP contribution in [0.4, 0.5) is 0 Å². The van der Waals surface area contributed by atoms with Gasteiger partial charge in [0.1, 0.15) is 11.3 Å². The van der Waals surface area contributed by atoms with E-state index in [4.69, 9.17) is 14.8 Å². The molecule has 5 nitrogen and oxygen atoms in total. The van der Waals surface area contributed by atoms with E-state index in [1.54, 1.807) is 0 Å². The summed E-state index contributed by atoms with van der Waals surface area (Å²) in [5.74, 6) is -0.549. The molecule has 0 radical (unpaired) electrons. The highest BCUT2D eigenvalue weighted by Gasteiger charge is 2.15. The SMILES string of the molecule is CCN(CCC#N)Cc1occc1C(=O)O. The van der Waals surface area contributed by atoms with Crippen LogP contribution in [0.3, 0.4) is 0 Å².